The fourth-order valence-electron chi connectivity index (χ4n) is 2.61. The molecule has 1 saturated carbocycles. The highest BCUT2D eigenvalue weighted by atomic mass is 32.2. The van der Waals surface area contributed by atoms with Crippen molar-refractivity contribution in [3.05, 3.63) is 29.8 Å². The van der Waals surface area contributed by atoms with Crippen molar-refractivity contribution in [2.45, 2.75) is 41.9 Å². The number of hydrogen-bond donors (Lipinski definition) is 1. The highest BCUT2D eigenvalue weighted by Crippen LogP contribution is 2.35. The van der Waals surface area contributed by atoms with E-state index in [2.05, 4.69) is 43.3 Å². The molecule has 1 unspecified atom stereocenters. The van der Waals surface area contributed by atoms with Crippen LogP contribution >= 0.6 is 11.8 Å². The first-order chi connectivity index (χ1) is 8.70. The van der Waals surface area contributed by atoms with E-state index in [4.69, 9.17) is 5.73 Å². The molecule has 1 aromatic carbocycles. The summed E-state index contributed by atoms with van der Waals surface area (Å²) < 4.78 is 0. The second-order valence-corrected chi connectivity index (χ2v) is 6.68. The molecule has 0 radical (unpaired) electrons. The maximum Gasteiger partial charge on any atom is 0.0464 e. The summed E-state index contributed by atoms with van der Waals surface area (Å²) in [6, 6.07) is 9.30. The fraction of sp³-hybridized carbons (Fsp3) is 0.600. The molecule has 1 aromatic rings. The minimum Gasteiger partial charge on any atom is -0.329 e. The molecule has 1 aliphatic carbocycles. The second kappa shape index (κ2) is 6.60. The summed E-state index contributed by atoms with van der Waals surface area (Å²) in [7, 11) is 4.16. The van der Waals surface area contributed by atoms with Crippen LogP contribution in [0.1, 0.15) is 37.3 Å². The molecule has 18 heavy (non-hydrogen) atoms. The van der Waals surface area contributed by atoms with Crippen LogP contribution in [0.5, 0.6) is 0 Å². The van der Waals surface area contributed by atoms with Gasteiger partial charge in [-0.3, -0.25) is 0 Å². The Balaban J connectivity index is 2.00. The van der Waals surface area contributed by atoms with Crippen LogP contribution in [0.25, 0.3) is 0 Å². The summed E-state index contributed by atoms with van der Waals surface area (Å²) in [5.41, 5.74) is 7.15. The van der Waals surface area contributed by atoms with Crippen LogP contribution in [-0.2, 0) is 0 Å². The van der Waals surface area contributed by atoms with Gasteiger partial charge in [0, 0.05) is 22.7 Å². The average Bonchev–Trinajstić information content (AvgIpc) is 2.84. The standard InChI is InChI=1S/C15H24N2S/c1-17(2)15(11-16)12-7-9-14(10-8-12)18-13-5-3-4-6-13/h7-10,13,15H,3-6,11,16H2,1-2H3. The largest absolute Gasteiger partial charge is 0.329 e. The van der Waals surface area contributed by atoms with Crippen molar-refractivity contribution >= 4 is 11.8 Å². The molecule has 0 saturated heterocycles. The minimum absolute atomic E-state index is 0.329. The van der Waals surface area contributed by atoms with Crippen molar-refractivity contribution in [2.24, 2.45) is 5.73 Å². The minimum atomic E-state index is 0.329. The van der Waals surface area contributed by atoms with Gasteiger partial charge in [-0.25, -0.2) is 0 Å². The van der Waals surface area contributed by atoms with Gasteiger partial charge in [-0.2, -0.15) is 0 Å². The third-order valence-electron chi connectivity index (χ3n) is 3.72. The van der Waals surface area contributed by atoms with E-state index < -0.39 is 0 Å². The molecule has 0 amide bonds. The van der Waals surface area contributed by atoms with Gasteiger partial charge in [-0.1, -0.05) is 25.0 Å². The quantitative estimate of drug-likeness (QED) is 0.885. The lowest BCUT2D eigenvalue weighted by Gasteiger charge is -2.23. The van der Waals surface area contributed by atoms with E-state index >= 15 is 0 Å². The van der Waals surface area contributed by atoms with Gasteiger partial charge >= 0.3 is 0 Å². The van der Waals surface area contributed by atoms with Crippen LogP contribution < -0.4 is 5.73 Å². The van der Waals surface area contributed by atoms with E-state index in [1.165, 1.54) is 36.1 Å². The van der Waals surface area contributed by atoms with E-state index in [1.807, 2.05) is 11.8 Å². The molecule has 2 N–H and O–H groups in total. The molecular weight excluding hydrogens is 240 g/mol. The average molecular weight is 264 g/mol. The monoisotopic (exact) mass is 264 g/mol. The SMILES string of the molecule is CN(C)C(CN)c1ccc(SC2CCCC2)cc1. The van der Waals surface area contributed by atoms with Crippen molar-refractivity contribution in [3.63, 3.8) is 0 Å². The lowest BCUT2D eigenvalue weighted by atomic mass is 10.1. The summed E-state index contributed by atoms with van der Waals surface area (Å²) in [4.78, 5) is 3.58. The zero-order chi connectivity index (χ0) is 13.0. The Morgan fingerprint density at radius 1 is 1.22 bits per heavy atom. The Morgan fingerprint density at radius 2 is 1.83 bits per heavy atom. The molecule has 2 nitrogen and oxygen atoms in total. The van der Waals surface area contributed by atoms with Crippen LogP contribution in [0.15, 0.2) is 29.2 Å². The molecule has 0 aromatic heterocycles. The maximum atomic E-state index is 5.83. The van der Waals surface area contributed by atoms with Crippen molar-refractivity contribution in [1.82, 2.24) is 4.90 Å². The molecular formula is C15H24N2S. The third kappa shape index (κ3) is 3.50. The first kappa shape index (κ1) is 13.9. The molecule has 3 heteroatoms. The Hall–Kier alpha value is -0.510. The maximum absolute atomic E-state index is 5.83. The topological polar surface area (TPSA) is 29.3 Å². The number of benzene rings is 1. The van der Waals surface area contributed by atoms with Gasteiger partial charge < -0.3 is 10.6 Å². The smallest absolute Gasteiger partial charge is 0.0464 e. The normalized spacial score (nSPS) is 18.4. The van der Waals surface area contributed by atoms with Gasteiger partial charge in [0.1, 0.15) is 0 Å². The van der Waals surface area contributed by atoms with Crippen molar-refractivity contribution in [2.75, 3.05) is 20.6 Å². The van der Waals surface area contributed by atoms with Crippen LogP contribution in [0.2, 0.25) is 0 Å². The number of nitrogens with two attached hydrogens (primary N) is 1. The number of rotatable bonds is 5. The van der Waals surface area contributed by atoms with E-state index in [9.17, 15) is 0 Å². The van der Waals surface area contributed by atoms with Gasteiger partial charge in [-0.05, 0) is 44.6 Å². The fourth-order valence-corrected chi connectivity index (χ4v) is 3.86. The predicted molar refractivity (Wildman–Crippen MR) is 80.0 cm³/mol. The van der Waals surface area contributed by atoms with Crippen molar-refractivity contribution in [3.8, 4) is 0 Å². The Labute approximate surface area is 115 Å². The highest BCUT2D eigenvalue weighted by Gasteiger charge is 2.16. The Kier molecular flexibility index (Phi) is 5.10. The van der Waals surface area contributed by atoms with Crippen LogP contribution in [0.3, 0.4) is 0 Å². The molecule has 1 fully saturated rings. The summed E-state index contributed by atoms with van der Waals surface area (Å²) in [5, 5.41) is 0.843. The molecule has 2 rings (SSSR count). The molecule has 0 aliphatic heterocycles. The van der Waals surface area contributed by atoms with Crippen LogP contribution in [-0.4, -0.2) is 30.8 Å². The van der Waals surface area contributed by atoms with E-state index in [1.54, 1.807) is 0 Å². The highest BCUT2D eigenvalue weighted by molar-refractivity contribution is 8.00. The van der Waals surface area contributed by atoms with E-state index in [0.717, 1.165) is 5.25 Å². The third-order valence-corrected chi connectivity index (χ3v) is 5.07. The van der Waals surface area contributed by atoms with Crippen LogP contribution in [0, 0.1) is 0 Å². The molecule has 0 bridgehead atoms. The van der Waals surface area contributed by atoms with Gasteiger partial charge in [0.25, 0.3) is 0 Å². The first-order valence-electron chi connectivity index (χ1n) is 6.84. The molecule has 1 atom stereocenters. The Morgan fingerprint density at radius 3 is 2.33 bits per heavy atom. The van der Waals surface area contributed by atoms with Gasteiger partial charge in [0.2, 0.25) is 0 Å². The van der Waals surface area contributed by atoms with Crippen molar-refractivity contribution < 1.29 is 0 Å². The lowest BCUT2D eigenvalue weighted by molar-refractivity contribution is 0.306. The number of likely N-dealkylation sites (N-methyl/N-ethyl adjacent to an activating group) is 1. The summed E-state index contributed by atoms with van der Waals surface area (Å²) in [6.07, 6.45) is 5.59. The number of nitrogens with zero attached hydrogens (tertiary/aromatic N) is 1. The van der Waals surface area contributed by atoms with Gasteiger partial charge in [0.05, 0.1) is 0 Å². The van der Waals surface area contributed by atoms with Crippen LogP contribution in [0.4, 0.5) is 0 Å². The molecule has 0 heterocycles. The zero-order valence-electron chi connectivity index (χ0n) is 11.4. The second-order valence-electron chi connectivity index (χ2n) is 5.31. The van der Waals surface area contributed by atoms with E-state index in [-0.39, 0.29) is 0 Å². The molecule has 100 valence electrons. The predicted octanol–water partition coefficient (Wildman–Crippen LogP) is 3.28. The zero-order valence-corrected chi connectivity index (χ0v) is 12.2. The summed E-state index contributed by atoms with van der Waals surface area (Å²) in [6.45, 7) is 0.669. The Bertz CT molecular complexity index is 355. The molecule has 0 spiro atoms. The summed E-state index contributed by atoms with van der Waals surface area (Å²) >= 11 is 2.04. The number of hydrogen-bond acceptors (Lipinski definition) is 3. The first-order valence-corrected chi connectivity index (χ1v) is 7.72. The molecule has 1 aliphatic rings. The van der Waals surface area contributed by atoms with E-state index in [0.29, 0.717) is 12.6 Å². The van der Waals surface area contributed by atoms with Gasteiger partial charge in [0.15, 0.2) is 0 Å². The van der Waals surface area contributed by atoms with Crippen molar-refractivity contribution in [1.29, 1.82) is 0 Å². The van der Waals surface area contributed by atoms with Gasteiger partial charge in [-0.15, -0.1) is 11.8 Å². The number of thioether (sulfide) groups is 1. The summed E-state index contributed by atoms with van der Waals surface area (Å²) in [5.74, 6) is 0. The lowest BCUT2D eigenvalue weighted by Crippen LogP contribution is -2.27.